The summed E-state index contributed by atoms with van der Waals surface area (Å²) in [6.45, 7) is 11.4. The molecule has 1 aromatic rings. The van der Waals surface area contributed by atoms with Gasteiger partial charge in [-0.1, -0.05) is 128 Å². The standard InChI is InChI=1S/C18H28.C7H14.C5H10N2O4.C2H6.CH4O/c1-16-10-8-9-15-18(16)14-7-3-6-13-17-11-4-2-5-12-17;1-3-5-7-6-4-2;8-5-6-3-1-2-4-11-7(9)10;2*1-2/h2,4-5,11-12,16,18H,3,6-10,13-15H2,1H3;3,5H,4,6-7H2,1-2H3;5H,1-4H2,(H,6,8);1-2H3;2H,1H3/b;5-3-;;;. The average molecular weight is 567 g/mol. The normalized spacial score (nSPS) is 15.4. The second-order valence-corrected chi connectivity index (χ2v) is 9.65. The first-order valence-corrected chi connectivity index (χ1v) is 15.6. The van der Waals surface area contributed by atoms with Crippen LogP contribution in [0.4, 0.5) is 0 Å². The van der Waals surface area contributed by atoms with Crippen LogP contribution in [0.3, 0.4) is 0 Å². The number of nitrogens with zero attached hydrogens (tertiary/aromatic N) is 1. The van der Waals surface area contributed by atoms with Crippen LogP contribution >= 0.6 is 0 Å². The lowest BCUT2D eigenvalue weighted by Crippen LogP contribution is -2.16. The molecule has 0 aromatic heterocycles. The monoisotopic (exact) mass is 566 g/mol. The molecule has 0 saturated heterocycles. The number of nitrogens with one attached hydrogen (secondary N) is 1. The van der Waals surface area contributed by atoms with Gasteiger partial charge in [0.25, 0.3) is 5.09 Å². The SMILES string of the molecule is C/C=C\CCCC.CC.CC1CCCCC1CCCCCc1ccccc1.CO.O=CNCCCCO[N+](=O)[O-]. The Hall–Kier alpha value is -2.41. The maximum absolute atomic E-state index is 9.70. The molecule has 0 heterocycles. The van der Waals surface area contributed by atoms with E-state index in [-0.39, 0.29) is 6.61 Å². The van der Waals surface area contributed by atoms with E-state index < -0.39 is 5.09 Å². The maximum atomic E-state index is 9.70. The van der Waals surface area contributed by atoms with Gasteiger partial charge >= 0.3 is 0 Å². The Kier molecular flexibility index (Phi) is 38.5. The fraction of sp³-hybridized carbons (Fsp3) is 0.727. The van der Waals surface area contributed by atoms with Gasteiger partial charge in [-0.25, -0.2) is 0 Å². The van der Waals surface area contributed by atoms with Gasteiger partial charge in [-0.05, 0) is 56.4 Å². The first-order chi connectivity index (χ1) is 19.5. The van der Waals surface area contributed by atoms with Gasteiger partial charge in [0, 0.05) is 13.7 Å². The van der Waals surface area contributed by atoms with Crippen molar-refractivity contribution in [3.05, 3.63) is 58.2 Å². The molecule has 7 heteroatoms. The van der Waals surface area contributed by atoms with Crippen LogP contribution in [0.1, 0.15) is 124 Å². The smallest absolute Gasteiger partial charge is 0.294 e. The minimum absolute atomic E-state index is 0.0908. The van der Waals surface area contributed by atoms with Crippen molar-refractivity contribution < 1.29 is 19.8 Å². The van der Waals surface area contributed by atoms with Crippen LogP contribution in [0.5, 0.6) is 0 Å². The zero-order valence-corrected chi connectivity index (χ0v) is 26.6. The van der Waals surface area contributed by atoms with Gasteiger partial charge in [-0.2, -0.15) is 0 Å². The van der Waals surface area contributed by atoms with E-state index in [1.165, 1.54) is 82.6 Å². The Labute approximate surface area is 246 Å². The van der Waals surface area contributed by atoms with E-state index >= 15 is 0 Å². The van der Waals surface area contributed by atoms with Gasteiger partial charge in [-0.15, -0.1) is 10.1 Å². The highest BCUT2D eigenvalue weighted by atomic mass is 16.9. The third kappa shape index (κ3) is 31.8. The number of benzene rings is 1. The molecule has 1 saturated carbocycles. The summed E-state index contributed by atoms with van der Waals surface area (Å²) in [5.41, 5.74) is 1.50. The summed E-state index contributed by atoms with van der Waals surface area (Å²) >= 11 is 0. The molecule has 2 N–H and O–H groups in total. The van der Waals surface area contributed by atoms with Gasteiger partial charge < -0.3 is 15.3 Å². The molecule has 1 aliphatic rings. The molecule has 1 amide bonds. The van der Waals surface area contributed by atoms with Crippen LogP contribution in [0.15, 0.2) is 42.5 Å². The van der Waals surface area contributed by atoms with Crippen LogP contribution < -0.4 is 5.32 Å². The highest BCUT2D eigenvalue weighted by Gasteiger charge is 2.20. The predicted molar refractivity (Wildman–Crippen MR) is 170 cm³/mol. The number of carbonyl (C=O) groups excluding carboxylic acids is 1. The number of amides is 1. The molecule has 0 aliphatic heterocycles. The summed E-state index contributed by atoms with van der Waals surface area (Å²) < 4.78 is 0. The summed E-state index contributed by atoms with van der Waals surface area (Å²) in [5, 5.41) is 18.2. The minimum atomic E-state index is -0.826. The first-order valence-electron chi connectivity index (χ1n) is 15.6. The van der Waals surface area contributed by atoms with Crippen molar-refractivity contribution in [2.75, 3.05) is 20.3 Å². The summed E-state index contributed by atoms with van der Waals surface area (Å²) in [6.07, 6.45) is 23.0. The van der Waals surface area contributed by atoms with E-state index in [9.17, 15) is 14.9 Å². The summed E-state index contributed by atoms with van der Waals surface area (Å²) in [4.78, 5) is 23.3. The molecule has 0 spiro atoms. The molecular formula is C33H62N2O5. The van der Waals surface area contributed by atoms with E-state index in [4.69, 9.17) is 5.11 Å². The van der Waals surface area contributed by atoms with E-state index in [0.29, 0.717) is 25.8 Å². The van der Waals surface area contributed by atoms with Crippen molar-refractivity contribution in [2.24, 2.45) is 11.8 Å². The van der Waals surface area contributed by atoms with Crippen LogP contribution in [-0.2, 0) is 16.1 Å². The van der Waals surface area contributed by atoms with Gasteiger partial charge in [-0.3, -0.25) is 4.79 Å². The predicted octanol–water partition coefficient (Wildman–Crippen LogP) is 8.72. The lowest BCUT2D eigenvalue weighted by atomic mass is 9.78. The van der Waals surface area contributed by atoms with E-state index in [1.54, 1.807) is 0 Å². The number of hydrogen-bond acceptors (Lipinski definition) is 5. The Morgan fingerprint density at radius 2 is 1.70 bits per heavy atom. The third-order valence-electron chi connectivity index (χ3n) is 6.63. The van der Waals surface area contributed by atoms with Crippen molar-refractivity contribution in [1.82, 2.24) is 5.32 Å². The highest BCUT2D eigenvalue weighted by molar-refractivity contribution is 5.45. The topological polar surface area (TPSA) is 102 Å². The molecule has 1 fully saturated rings. The lowest BCUT2D eigenvalue weighted by molar-refractivity contribution is -0.757. The zero-order valence-electron chi connectivity index (χ0n) is 26.6. The molecule has 1 aliphatic carbocycles. The molecular weight excluding hydrogens is 504 g/mol. The second kappa shape index (κ2) is 36.6. The lowest BCUT2D eigenvalue weighted by Gasteiger charge is -2.28. The highest BCUT2D eigenvalue weighted by Crippen LogP contribution is 2.33. The summed E-state index contributed by atoms with van der Waals surface area (Å²) in [5.74, 6) is 2.03. The van der Waals surface area contributed by atoms with E-state index in [1.807, 2.05) is 13.8 Å². The number of carbonyl (C=O) groups is 1. The summed E-state index contributed by atoms with van der Waals surface area (Å²) in [6, 6.07) is 10.9. The minimum Gasteiger partial charge on any atom is -0.400 e. The van der Waals surface area contributed by atoms with Crippen LogP contribution in [0.25, 0.3) is 0 Å². The van der Waals surface area contributed by atoms with Crippen molar-refractivity contribution in [3.8, 4) is 0 Å². The Balaban J connectivity index is -0.000000534. The van der Waals surface area contributed by atoms with Crippen molar-refractivity contribution in [3.63, 3.8) is 0 Å². The van der Waals surface area contributed by atoms with Crippen molar-refractivity contribution >= 4 is 6.41 Å². The van der Waals surface area contributed by atoms with Crippen molar-refractivity contribution in [1.29, 1.82) is 0 Å². The van der Waals surface area contributed by atoms with Gasteiger partial charge in [0.05, 0.1) is 6.61 Å². The second-order valence-electron chi connectivity index (χ2n) is 9.65. The van der Waals surface area contributed by atoms with Gasteiger partial charge in [0.1, 0.15) is 0 Å². The molecule has 2 unspecified atom stereocenters. The quantitative estimate of drug-likeness (QED) is 0.0685. The van der Waals surface area contributed by atoms with Crippen molar-refractivity contribution in [2.45, 2.75) is 125 Å². The number of aryl methyl sites for hydroxylation is 1. The molecule has 40 heavy (non-hydrogen) atoms. The average Bonchev–Trinajstić information content (AvgIpc) is 2.99. The zero-order chi connectivity index (χ0) is 30.7. The van der Waals surface area contributed by atoms with Crippen LogP contribution in [0.2, 0.25) is 0 Å². The molecule has 2 atom stereocenters. The number of hydrogen-bond donors (Lipinski definition) is 2. The first kappa shape index (κ1) is 42.1. The number of unbranched alkanes of at least 4 members (excludes halogenated alkanes) is 5. The fourth-order valence-electron chi connectivity index (χ4n) is 4.39. The third-order valence-corrected chi connectivity index (χ3v) is 6.63. The fourth-order valence-corrected chi connectivity index (χ4v) is 4.39. The Morgan fingerprint density at radius 1 is 1.02 bits per heavy atom. The molecule has 2 rings (SSSR count). The summed E-state index contributed by atoms with van der Waals surface area (Å²) in [7, 11) is 1.00. The maximum Gasteiger partial charge on any atom is 0.294 e. The number of aliphatic hydroxyl groups excluding tert-OH is 1. The molecule has 234 valence electrons. The Bertz CT molecular complexity index is 656. The molecule has 7 nitrogen and oxygen atoms in total. The van der Waals surface area contributed by atoms with Crippen LogP contribution in [-0.4, -0.2) is 36.9 Å². The van der Waals surface area contributed by atoms with E-state index in [2.05, 4.69) is 73.4 Å². The van der Waals surface area contributed by atoms with Gasteiger partial charge in [0.2, 0.25) is 6.41 Å². The van der Waals surface area contributed by atoms with E-state index in [0.717, 1.165) is 18.9 Å². The largest absolute Gasteiger partial charge is 0.400 e. The van der Waals surface area contributed by atoms with Crippen LogP contribution in [0, 0.1) is 22.0 Å². The number of aliphatic hydroxyl groups is 1. The number of allylic oxidation sites excluding steroid dienone is 2. The molecule has 0 bridgehead atoms. The van der Waals surface area contributed by atoms with Gasteiger partial charge in [0.15, 0.2) is 0 Å². The molecule has 1 aromatic carbocycles. The number of rotatable bonds is 16. The molecule has 0 radical (unpaired) electrons. The Morgan fingerprint density at radius 3 is 2.27 bits per heavy atom.